The molecule has 0 bridgehead atoms. The molecular formula is C15H20BrNS2. The third kappa shape index (κ3) is 5.03. The first-order valence-corrected chi connectivity index (χ1v) is 9.32. The van der Waals surface area contributed by atoms with Gasteiger partial charge in [0.2, 0.25) is 0 Å². The number of hydrogen-bond acceptors (Lipinski definition) is 3. The van der Waals surface area contributed by atoms with Gasteiger partial charge in [-0.2, -0.15) is 0 Å². The lowest BCUT2D eigenvalue weighted by atomic mass is 10.0. The third-order valence-electron chi connectivity index (χ3n) is 3.17. The van der Waals surface area contributed by atoms with Gasteiger partial charge in [0.1, 0.15) is 0 Å². The molecule has 0 aliphatic heterocycles. The van der Waals surface area contributed by atoms with Gasteiger partial charge in [-0.3, -0.25) is 0 Å². The molecule has 0 radical (unpaired) electrons. The van der Waals surface area contributed by atoms with E-state index in [1.807, 2.05) is 22.7 Å². The van der Waals surface area contributed by atoms with E-state index in [9.17, 15) is 0 Å². The van der Waals surface area contributed by atoms with E-state index in [0.717, 1.165) is 13.0 Å². The summed E-state index contributed by atoms with van der Waals surface area (Å²) in [4.78, 5) is 2.97. The Morgan fingerprint density at radius 1 is 1.26 bits per heavy atom. The van der Waals surface area contributed by atoms with Crippen LogP contribution in [0, 0.1) is 0 Å². The van der Waals surface area contributed by atoms with E-state index < -0.39 is 0 Å². The van der Waals surface area contributed by atoms with E-state index in [1.165, 1.54) is 33.5 Å². The maximum atomic E-state index is 3.63. The van der Waals surface area contributed by atoms with Crippen molar-refractivity contribution in [1.29, 1.82) is 0 Å². The van der Waals surface area contributed by atoms with E-state index in [4.69, 9.17) is 0 Å². The average Bonchev–Trinajstić information content (AvgIpc) is 3.02. The summed E-state index contributed by atoms with van der Waals surface area (Å²) in [6, 6.07) is 7.13. The van der Waals surface area contributed by atoms with E-state index in [2.05, 4.69) is 57.1 Å². The monoisotopic (exact) mass is 357 g/mol. The van der Waals surface area contributed by atoms with Crippen molar-refractivity contribution >= 4 is 38.6 Å². The molecule has 0 aromatic carbocycles. The predicted octanol–water partition coefficient (Wildman–Crippen LogP) is 5.12. The second-order valence-corrected chi connectivity index (χ2v) is 7.51. The lowest BCUT2D eigenvalue weighted by molar-refractivity contribution is 0.479. The highest BCUT2D eigenvalue weighted by Gasteiger charge is 2.11. The van der Waals surface area contributed by atoms with Gasteiger partial charge in [-0.15, -0.1) is 22.7 Å². The number of nitrogens with one attached hydrogen (secondary N) is 1. The minimum atomic E-state index is 0.597. The standard InChI is InChI=1S/C15H20BrNS2/c1-2-17-12(11-15-14(16)8-10-19-15)5-3-6-13-7-4-9-18-13/h4,7-10,12,17H,2-3,5-6,11H2,1H3. The number of likely N-dealkylation sites (N-methyl/N-ethyl adjacent to an activating group) is 1. The second kappa shape index (κ2) is 8.20. The van der Waals surface area contributed by atoms with Crippen molar-refractivity contribution in [2.24, 2.45) is 0 Å². The highest BCUT2D eigenvalue weighted by atomic mass is 79.9. The molecule has 1 N–H and O–H groups in total. The maximum absolute atomic E-state index is 3.63. The Balaban J connectivity index is 1.80. The minimum absolute atomic E-state index is 0.597. The van der Waals surface area contributed by atoms with Crippen molar-refractivity contribution in [2.45, 2.75) is 38.6 Å². The van der Waals surface area contributed by atoms with Gasteiger partial charge >= 0.3 is 0 Å². The molecule has 1 nitrogen and oxygen atoms in total. The van der Waals surface area contributed by atoms with Gasteiger partial charge in [-0.05, 0) is 71.1 Å². The van der Waals surface area contributed by atoms with Crippen LogP contribution in [0.15, 0.2) is 33.4 Å². The Hall–Kier alpha value is -0.160. The van der Waals surface area contributed by atoms with Crippen LogP contribution >= 0.6 is 38.6 Å². The second-order valence-electron chi connectivity index (χ2n) is 4.62. The van der Waals surface area contributed by atoms with Crippen LogP contribution in [0.1, 0.15) is 29.5 Å². The molecule has 2 rings (SSSR count). The molecular weight excluding hydrogens is 338 g/mol. The molecule has 0 spiro atoms. The molecule has 0 aliphatic rings. The van der Waals surface area contributed by atoms with E-state index >= 15 is 0 Å². The van der Waals surface area contributed by atoms with Gasteiger partial charge < -0.3 is 5.32 Å². The predicted molar refractivity (Wildman–Crippen MR) is 90.4 cm³/mol. The van der Waals surface area contributed by atoms with Crippen LogP contribution in [0.4, 0.5) is 0 Å². The first-order chi connectivity index (χ1) is 9.29. The van der Waals surface area contributed by atoms with Crippen LogP contribution in [0.5, 0.6) is 0 Å². The summed E-state index contributed by atoms with van der Waals surface area (Å²) in [5, 5.41) is 7.94. The van der Waals surface area contributed by atoms with E-state index in [1.54, 1.807) is 0 Å². The zero-order chi connectivity index (χ0) is 13.5. The molecule has 0 saturated carbocycles. The maximum Gasteiger partial charge on any atom is 0.0314 e. The normalized spacial score (nSPS) is 12.7. The molecule has 1 atom stereocenters. The quantitative estimate of drug-likeness (QED) is 0.691. The Morgan fingerprint density at radius 2 is 2.16 bits per heavy atom. The van der Waals surface area contributed by atoms with Crippen LogP contribution < -0.4 is 5.32 Å². The summed E-state index contributed by atoms with van der Waals surface area (Å²) in [5.41, 5.74) is 0. The van der Waals surface area contributed by atoms with Gasteiger partial charge in [0.05, 0.1) is 0 Å². The fourth-order valence-corrected chi connectivity index (χ4v) is 4.58. The molecule has 2 aromatic heterocycles. The molecule has 2 heterocycles. The molecule has 0 amide bonds. The molecule has 0 aliphatic carbocycles. The van der Waals surface area contributed by atoms with Crippen molar-refractivity contribution in [1.82, 2.24) is 5.32 Å². The van der Waals surface area contributed by atoms with Crippen molar-refractivity contribution in [3.8, 4) is 0 Å². The first-order valence-electron chi connectivity index (χ1n) is 6.77. The number of halogens is 1. The molecule has 0 saturated heterocycles. The summed E-state index contributed by atoms with van der Waals surface area (Å²) in [6.07, 6.45) is 4.86. The Bertz CT molecular complexity index is 464. The number of aryl methyl sites for hydroxylation is 1. The minimum Gasteiger partial charge on any atom is -0.314 e. The highest BCUT2D eigenvalue weighted by Crippen LogP contribution is 2.25. The number of rotatable bonds is 8. The van der Waals surface area contributed by atoms with Crippen LogP contribution in [0.3, 0.4) is 0 Å². The van der Waals surface area contributed by atoms with E-state index in [-0.39, 0.29) is 0 Å². The fraction of sp³-hybridized carbons (Fsp3) is 0.467. The molecule has 1 unspecified atom stereocenters. The Morgan fingerprint density at radius 3 is 2.79 bits per heavy atom. The van der Waals surface area contributed by atoms with Gasteiger partial charge in [0.15, 0.2) is 0 Å². The highest BCUT2D eigenvalue weighted by molar-refractivity contribution is 9.10. The summed E-state index contributed by atoms with van der Waals surface area (Å²) in [6.45, 7) is 3.24. The average molecular weight is 358 g/mol. The van der Waals surface area contributed by atoms with Gasteiger partial charge in [0, 0.05) is 20.3 Å². The zero-order valence-electron chi connectivity index (χ0n) is 11.2. The lowest BCUT2D eigenvalue weighted by Gasteiger charge is -2.17. The van der Waals surface area contributed by atoms with Crippen LogP contribution in [0.2, 0.25) is 0 Å². The Labute approximate surface area is 132 Å². The van der Waals surface area contributed by atoms with Crippen molar-refractivity contribution in [3.63, 3.8) is 0 Å². The smallest absolute Gasteiger partial charge is 0.0314 e. The third-order valence-corrected chi connectivity index (χ3v) is 6.06. The van der Waals surface area contributed by atoms with Crippen molar-refractivity contribution < 1.29 is 0 Å². The summed E-state index contributed by atoms with van der Waals surface area (Å²) >= 11 is 7.35. The van der Waals surface area contributed by atoms with Gasteiger partial charge in [-0.25, -0.2) is 0 Å². The van der Waals surface area contributed by atoms with Crippen LogP contribution in [-0.4, -0.2) is 12.6 Å². The van der Waals surface area contributed by atoms with E-state index in [0.29, 0.717) is 6.04 Å². The topological polar surface area (TPSA) is 12.0 Å². The largest absolute Gasteiger partial charge is 0.314 e. The molecule has 104 valence electrons. The Kier molecular flexibility index (Phi) is 6.57. The van der Waals surface area contributed by atoms with Crippen molar-refractivity contribution in [3.05, 3.63) is 43.2 Å². The van der Waals surface area contributed by atoms with Gasteiger partial charge in [0.25, 0.3) is 0 Å². The van der Waals surface area contributed by atoms with Crippen LogP contribution in [-0.2, 0) is 12.8 Å². The number of hydrogen-bond donors (Lipinski definition) is 1. The molecule has 4 heteroatoms. The lowest BCUT2D eigenvalue weighted by Crippen LogP contribution is -2.30. The molecule has 0 fully saturated rings. The number of thiophene rings is 2. The summed E-state index contributed by atoms with van der Waals surface area (Å²) in [5.74, 6) is 0. The molecule has 2 aromatic rings. The molecule has 19 heavy (non-hydrogen) atoms. The van der Waals surface area contributed by atoms with Crippen molar-refractivity contribution in [2.75, 3.05) is 6.54 Å². The summed E-state index contributed by atoms with van der Waals surface area (Å²) in [7, 11) is 0. The summed E-state index contributed by atoms with van der Waals surface area (Å²) < 4.78 is 1.26. The van der Waals surface area contributed by atoms with Gasteiger partial charge in [-0.1, -0.05) is 13.0 Å². The van der Waals surface area contributed by atoms with Crippen LogP contribution in [0.25, 0.3) is 0 Å². The first kappa shape index (κ1) is 15.2. The fourth-order valence-electron chi connectivity index (χ4n) is 2.24. The zero-order valence-corrected chi connectivity index (χ0v) is 14.4. The SMILES string of the molecule is CCNC(CCCc1cccs1)Cc1sccc1Br.